The first-order valence-corrected chi connectivity index (χ1v) is 9.93. The molecule has 19 heavy (non-hydrogen) atoms. The van der Waals surface area contributed by atoms with Gasteiger partial charge in [-0.2, -0.15) is 0 Å². The van der Waals surface area contributed by atoms with E-state index >= 15 is 0 Å². The average molecular weight is 280 g/mol. The molecule has 0 heterocycles. The van der Waals surface area contributed by atoms with Crippen LogP contribution in [0.3, 0.4) is 0 Å². The van der Waals surface area contributed by atoms with Crippen LogP contribution in [0.15, 0.2) is 0 Å². The maximum absolute atomic E-state index is 2.83. The molecule has 0 spiro atoms. The monoisotopic (exact) mass is 280 g/mol. The first kappa shape index (κ1) is 19.5. The molecule has 0 fully saturated rings. The van der Waals surface area contributed by atoms with Crippen molar-refractivity contribution >= 4 is 16.3 Å². The van der Waals surface area contributed by atoms with Crippen LogP contribution in [-0.4, -0.2) is 16.3 Å². The Kier molecular flexibility index (Phi) is 19.1. The first-order chi connectivity index (χ1) is 9.41. The summed E-state index contributed by atoms with van der Waals surface area (Å²) in [4.78, 5) is 0. The van der Waals surface area contributed by atoms with E-state index in [1.165, 1.54) is 108 Å². The summed E-state index contributed by atoms with van der Waals surface area (Å²) in [7, 11) is 0. The van der Waals surface area contributed by atoms with Crippen molar-refractivity contribution < 1.29 is 0 Å². The Labute approximate surface area is 131 Å². The molecule has 0 bridgehead atoms. The Morgan fingerprint density at radius 1 is 0.421 bits per heavy atom. The van der Waals surface area contributed by atoms with Crippen molar-refractivity contribution in [2.75, 3.05) is 0 Å². The van der Waals surface area contributed by atoms with Gasteiger partial charge in [-0.05, 0) is 0 Å². The van der Waals surface area contributed by atoms with Crippen LogP contribution in [-0.2, 0) is 0 Å². The van der Waals surface area contributed by atoms with Crippen LogP contribution in [0.2, 0.25) is 5.28 Å². The van der Waals surface area contributed by atoms with Gasteiger partial charge < -0.3 is 0 Å². The summed E-state index contributed by atoms with van der Waals surface area (Å²) >= 11 is 2.83. The van der Waals surface area contributed by atoms with E-state index in [9.17, 15) is 0 Å². The minimum atomic E-state index is 1.29. The van der Waals surface area contributed by atoms with Crippen molar-refractivity contribution in [3.05, 3.63) is 0 Å². The molecule has 0 atom stereocenters. The zero-order valence-electron chi connectivity index (χ0n) is 13.6. The fourth-order valence-corrected chi connectivity index (χ4v) is 2.98. The maximum atomic E-state index is 2.83. The molecule has 0 aromatic carbocycles. The van der Waals surface area contributed by atoms with Crippen LogP contribution in [0, 0.1) is 0 Å². The summed E-state index contributed by atoms with van der Waals surface area (Å²) in [5.74, 6) is 0. The summed E-state index contributed by atoms with van der Waals surface area (Å²) < 4.78 is 0. The van der Waals surface area contributed by atoms with Gasteiger partial charge in [0.1, 0.15) is 0 Å². The third-order valence-electron chi connectivity index (χ3n) is 4.06. The van der Waals surface area contributed by atoms with Crippen molar-refractivity contribution in [1.82, 2.24) is 0 Å². The molecule has 0 aliphatic carbocycles. The first-order valence-electron chi connectivity index (χ1n) is 9.12. The molecule has 0 N–H and O–H groups in total. The number of unbranched alkanes of at least 4 members (excludes halogenated alkanes) is 15. The van der Waals surface area contributed by atoms with Gasteiger partial charge in [-0.1, -0.05) is 39.0 Å². The molecule has 0 saturated carbocycles. The van der Waals surface area contributed by atoms with E-state index in [2.05, 4.69) is 23.2 Å². The Balaban J connectivity index is 2.88. The van der Waals surface area contributed by atoms with Gasteiger partial charge in [0, 0.05) is 0 Å². The van der Waals surface area contributed by atoms with Crippen molar-refractivity contribution in [2.45, 2.75) is 115 Å². The quantitative estimate of drug-likeness (QED) is 0.214. The van der Waals surface area contributed by atoms with E-state index in [1.807, 2.05) is 0 Å². The molecule has 0 aromatic rings. The van der Waals surface area contributed by atoms with Crippen molar-refractivity contribution in [3.63, 3.8) is 0 Å². The van der Waals surface area contributed by atoms with Crippen LogP contribution in [0.1, 0.15) is 110 Å². The predicted molar refractivity (Wildman–Crippen MR) is 90.1 cm³/mol. The van der Waals surface area contributed by atoms with E-state index in [-0.39, 0.29) is 0 Å². The predicted octanol–water partition coefficient (Wildman–Crippen LogP) is 6.83. The second-order valence-electron chi connectivity index (χ2n) is 6.09. The molecular formula is C18H37Al+. The minimum absolute atomic E-state index is 1.29. The number of hydrogen-bond donors (Lipinski definition) is 0. The van der Waals surface area contributed by atoms with Crippen LogP contribution in [0.4, 0.5) is 0 Å². The SMILES string of the molecule is CCCCCCCCCCCCCCCCC[CH2][Al+]. The number of rotatable bonds is 16. The van der Waals surface area contributed by atoms with E-state index < -0.39 is 0 Å². The van der Waals surface area contributed by atoms with Gasteiger partial charge >= 0.3 is 92.2 Å². The third-order valence-corrected chi connectivity index (χ3v) is 4.47. The molecule has 1 heteroatoms. The molecular weight excluding hydrogens is 243 g/mol. The molecule has 0 saturated heterocycles. The second-order valence-corrected chi connectivity index (χ2v) is 6.67. The van der Waals surface area contributed by atoms with Crippen LogP contribution >= 0.6 is 0 Å². The summed E-state index contributed by atoms with van der Waals surface area (Å²) in [6, 6.07) is 0. The Bertz CT molecular complexity index is 129. The topological polar surface area (TPSA) is 0 Å². The average Bonchev–Trinajstić information content (AvgIpc) is 2.43. The van der Waals surface area contributed by atoms with Gasteiger partial charge in [0.25, 0.3) is 0 Å². The van der Waals surface area contributed by atoms with Crippen molar-refractivity contribution in [3.8, 4) is 0 Å². The van der Waals surface area contributed by atoms with Crippen molar-refractivity contribution in [1.29, 1.82) is 0 Å². The Morgan fingerprint density at radius 3 is 0.947 bits per heavy atom. The normalized spacial score (nSPS) is 10.9. The zero-order chi connectivity index (χ0) is 14.0. The van der Waals surface area contributed by atoms with Gasteiger partial charge in [0.15, 0.2) is 0 Å². The van der Waals surface area contributed by atoms with E-state index in [4.69, 9.17) is 0 Å². The van der Waals surface area contributed by atoms with E-state index in [0.717, 1.165) is 0 Å². The zero-order valence-corrected chi connectivity index (χ0v) is 14.8. The van der Waals surface area contributed by atoms with Gasteiger partial charge in [-0.3, -0.25) is 0 Å². The standard InChI is InChI=1S/C18H37.Al/c1-3-5-7-9-11-13-15-17-18-16-14-12-10-8-6-4-2;/h1,3-18H2,2H3;/q;+1. The molecule has 0 unspecified atom stereocenters. The molecule has 1 radical (unpaired) electrons. The van der Waals surface area contributed by atoms with Gasteiger partial charge in [-0.25, -0.2) is 0 Å². The molecule has 0 rings (SSSR count). The summed E-state index contributed by atoms with van der Waals surface area (Å²) in [6.45, 7) is 2.29. The Hall–Kier alpha value is 0.532. The van der Waals surface area contributed by atoms with E-state index in [1.54, 1.807) is 0 Å². The molecule has 0 amide bonds. The molecule has 0 aliphatic rings. The van der Waals surface area contributed by atoms with Crippen LogP contribution < -0.4 is 0 Å². The van der Waals surface area contributed by atoms with Crippen LogP contribution in [0.25, 0.3) is 0 Å². The fraction of sp³-hybridized carbons (Fsp3) is 1.00. The van der Waals surface area contributed by atoms with Crippen LogP contribution in [0.5, 0.6) is 0 Å². The third kappa shape index (κ3) is 18.5. The Morgan fingerprint density at radius 2 is 0.684 bits per heavy atom. The molecule has 111 valence electrons. The van der Waals surface area contributed by atoms with Crippen molar-refractivity contribution in [2.24, 2.45) is 0 Å². The summed E-state index contributed by atoms with van der Waals surface area (Å²) in [6.07, 6.45) is 23.4. The summed E-state index contributed by atoms with van der Waals surface area (Å²) in [5, 5.41) is 1.29. The van der Waals surface area contributed by atoms with Gasteiger partial charge in [0.05, 0.1) is 0 Å². The van der Waals surface area contributed by atoms with Gasteiger partial charge in [-0.15, -0.1) is 0 Å². The molecule has 0 aromatic heterocycles. The second kappa shape index (κ2) is 18.5. The summed E-state index contributed by atoms with van der Waals surface area (Å²) in [5.41, 5.74) is 0. The molecule has 0 nitrogen and oxygen atoms in total. The molecule has 0 aliphatic heterocycles. The number of hydrogen-bond acceptors (Lipinski definition) is 0. The van der Waals surface area contributed by atoms with Gasteiger partial charge in [0.2, 0.25) is 0 Å². The van der Waals surface area contributed by atoms with E-state index in [0.29, 0.717) is 0 Å². The fourth-order valence-electron chi connectivity index (χ4n) is 2.69.